The molecule has 2 aliphatic heterocycles. The van der Waals surface area contributed by atoms with E-state index in [1.165, 1.54) is 32.2 Å². The van der Waals surface area contributed by atoms with Crippen LogP contribution in [-0.2, 0) is 4.74 Å². The predicted octanol–water partition coefficient (Wildman–Crippen LogP) is 0.977. The van der Waals surface area contributed by atoms with Crippen LogP contribution in [-0.4, -0.2) is 42.8 Å². The Labute approximate surface area is 86.6 Å². The van der Waals surface area contributed by atoms with Gasteiger partial charge in [-0.2, -0.15) is 0 Å². The van der Waals surface area contributed by atoms with Crippen LogP contribution in [0.15, 0.2) is 0 Å². The molecule has 2 N–H and O–H groups in total. The lowest BCUT2D eigenvalue weighted by atomic mass is 9.97. The van der Waals surface area contributed by atoms with Crippen molar-refractivity contribution in [2.24, 2.45) is 5.73 Å². The molecule has 0 aromatic rings. The van der Waals surface area contributed by atoms with Gasteiger partial charge in [0.25, 0.3) is 0 Å². The Kier molecular flexibility index (Phi) is 3.42. The van der Waals surface area contributed by atoms with Gasteiger partial charge < -0.3 is 10.5 Å². The van der Waals surface area contributed by atoms with Gasteiger partial charge in [0.1, 0.15) is 0 Å². The third-order valence-electron chi connectivity index (χ3n) is 3.71. The van der Waals surface area contributed by atoms with Crippen molar-refractivity contribution in [3.8, 4) is 0 Å². The molecule has 0 saturated carbocycles. The minimum absolute atomic E-state index is 0.405. The number of hydrogen-bond acceptors (Lipinski definition) is 3. The molecule has 0 radical (unpaired) electrons. The highest BCUT2D eigenvalue weighted by atomic mass is 16.5. The zero-order valence-corrected chi connectivity index (χ0v) is 9.11. The Morgan fingerprint density at radius 2 is 2.21 bits per heavy atom. The molecule has 3 heteroatoms. The van der Waals surface area contributed by atoms with E-state index in [1.54, 1.807) is 0 Å². The maximum absolute atomic E-state index is 5.82. The summed E-state index contributed by atoms with van der Waals surface area (Å²) in [5, 5.41) is 0. The van der Waals surface area contributed by atoms with Gasteiger partial charge in [-0.1, -0.05) is 6.42 Å². The molecule has 0 spiro atoms. The van der Waals surface area contributed by atoms with Gasteiger partial charge in [0, 0.05) is 25.2 Å². The third-order valence-corrected chi connectivity index (χ3v) is 3.71. The fraction of sp³-hybridized carbons (Fsp3) is 1.00. The number of piperidine rings is 1. The van der Waals surface area contributed by atoms with Crippen LogP contribution in [0.5, 0.6) is 0 Å². The van der Waals surface area contributed by atoms with Crippen LogP contribution >= 0.6 is 0 Å². The molecule has 0 bridgehead atoms. The monoisotopic (exact) mass is 198 g/mol. The number of ether oxygens (including phenoxy) is 1. The minimum atomic E-state index is 0.405. The Hall–Kier alpha value is -0.120. The first-order valence-corrected chi connectivity index (χ1v) is 5.90. The second kappa shape index (κ2) is 4.60. The molecular weight excluding hydrogens is 176 g/mol. The zero-order valence-electron chi connectivity index (χ0n) is 9.11. The zero-order chi connectivity index (χ0) is 9.97. The van der Waals surface area contributed by atoms with E-state index in [9.17, 15) is 0 Å². The summed E-state index contributed by atoms with van der Waals surface area (Å²) in [6.45, 7) is 5.16. The van der Waals surface area contributed by atoms with Crippen LogP contribution in [0.1, 0.15) is 32.6 Å². The topological polar surface area (TPSA) is 38.5 Å². The van der Waals surface area contributed by atoms with Gasteiger partial charge in [0.2, 0.25) is 0 Å². The van der Waals surface area contributed by atoms with Gasteiger partial charge in [-0.05, 0) is 32.7 Å². The number of nitrogens with zero attached hydrogens (tertiary/aromatic N) is 1. The van der Waals surface area contributed by atoms with Crippen molar-refractivity contribution in [3.05, 3.63) is 0 Å². The highest BCUT2D eigenvalue weighted by molar-refractivity contribution is 4.89. The first kappa shape index (κ1) is 10.4. The highest BCUT2D eigenvalue weighted by Gasteiger charge is 2.34. The van der Waals surface area contributed by atoms with Crippen molar-refractivity contribution in [1.82, 2.24) is 4.90 Å². The molecule has 2 rings (SSSR count). The van der Waals surface area contributed by atoms with E-state index < -0.39 is 0 Å². The first-order valence-electron chi connectivity index (χ1n) is 5.90. The second-order valence-corrected chi connectivity index (χ2v) is 4.56. The second-order valence-electron chi connectivity index (χ2n) is 4.56. The Balaban J connectivity index is 1.99. The molecule has 2 heterocycles. The first-order chi connectivity index (χ1) is 6.83. The van der Waals surface area contributed by atoms with Crippen molar-refractivity contribution >= 4 is 0 Å². The number of nitrogens with two attached hydrogens (primary N) is 1. The maximum Gasteiger partial charge on any atom is 0.0703 e. The maximum atomic E-state index is 5.82. The molecule has 2 saturated heterocycles. The van der Waals surface area contributed by atoms with Crippen LogP contribution in [0.25, 0.3) is 0 Å². The van der Waals surface area contributed by atoms with Crippen molar-refractivity contribution in [2.75, 3.05) is 19.7 Å². The van der Waals surface area contributed by atoms with Gasteiger partial charge in [-0.25, -0.2) is 0 Å². The third kappa shape index (κ3) is 1.95. The predicted molar refractivity (Wildman–Crippen MR) is 57.2 cm³/mol. The van der Waals surface area contributed by atoms with Crippen LogP contribution in [0.3, 0.4) is 0 Å². The summed E-state index contributed by atoms with van der Waals surface area (Å²) in [5.74, 6) is 0. The fourth-order valence-corrected chi connectivity index (χ4v) is 2.87. The van der Waals surface area contributed by atoms with Crippen molar-refractivity contribution in [1.29, 1.82) is 0 Å². The van der Waals surface area contributed by atoms with E-state index >= 15 is 0 Å². The summed E-state index contributed by atoms with van der Waals surface area (Å²) < 4.78 is 5.63. The summed E-state index contributed by atoms with van der Waals surface area (Å²) in [4.78, 5) is 2.60. The van der Waals surface area contributed by atoms with Gasteiger partial charge >= 0.3 is 0 Å². The lowest BCUT2D eigenvalue weighted by molar-refractivity contribution is 0.0398. The molecule has 82 valence electrons. The quantitative estimate of drug-likeness (QED) is 0.719. The average molecular weight is 198 g/mol. The van der Waals surface area contributed by atoms with Gasteiger partial charge in [-0.15, -0.1) is 0 Å². The normalized spacial score (nSPS) is 40.3. The summed E-state index contributed by atoms with van der Waals surface area (Å²) in [7, 11) is 0. The van der Waals surface area contributed by atoms with E-state index in [1.807, 2.05) is 0 Å². The SMILES string of the molecule is CC1OCCC1N1CCCCC1CN. The Morgan fingerprint density at radius 1 is 1.36 bits per heavy atom. The molecule has 14 heavy (non-hydrogen) atoms. The van der Waals surface area contributed by atoms with E-state index in [2.05, 4.69) is 11.8 Å². The Bertz CT molecular complexity index is 186. The van der Waals surface area contributed by atoms with Crippen LogP contribution in [0, 0.1) is 0 Å². The highest BCUT2D eigenvalue weighted by Crippen LogP contribution is 2.26. The summed E-state index contributed by atoms with van der Waals surface area (Å²) in [6.07, 6.45) is 5.55. The van der Waals surface area contributed by atoms with Gasteiger partial charge in [-0.3, -0.25) is 4.90 Å². The van der Waals surface area contributed by atoms with Crippen molar-refractivity contribution in [3.63, 3.8) is 0 Å². The number of likely N-dealkylation sites (tertiary alicyclic amines) is 1. The van der Waals surface area contributed by atoms with E-state index in [0.29, 0.717) is 18.2 Å². The van der Waals surface area contributed by atoms with E-state index in [4.69, 9.17) is 10.5 Å². The van der Waals surface area contributed by atoms with Crippen LogP contribution in [0.4, 0.5) is 0 Å². The Morgan fingerprint density at radius 3 is 2.86 bits per heavy atom. The smallest absolute Gasteiger partial charge is 0.0703 e. The minimum Gasteiger partial charge on any atom is -0.377 e. The summed E-state index contributed by atoms with van der Waals surface area (Å²) in [5.41, 5.74) is 5.82. The van der Waals surface area contributed by atoms with Crippen molar-refractivity contribution in [2.45, 2.75) is 50.8 Å². The van der Waals surface area contributed by atoms with Crippen LogP contribution < -0.4 is 5.73 Å². The molecule has 0 aromatic heterocycles. The standard InChI is InChI=1S/C11H22N2O/c1-9-11(5-7-14-9)13-6-3-2-4-10(13)8-12/h9-11H,2-8,12H2,1H3. The fourth-order valence-electron chi connectivity index (χ4n) is 2.87. The lowest BCUT2D eigenvalue weighted by Gasteiger charge is -2.40. The lowest BCUT2D eigenvalue weighted by Crippen LogP contribution is -2.51. The van der Waals surface area contributed by atoms with Gasteiger partial charge in [0.05, 0.1) is 6.10 Å². The van der Waals surface area contributed by atoms with E-state index in [0.717, 1.165) is 13.2 Å². The molecule has 3 atom stereocenters. The average Bonchev–Trinajstić information content (AvgIpc) is 2.64. The number of rotatable bonds is 2. The van der Waals surface area contributed by atoms with E-state index in [-0.39, 0.29) is 0 Å². The summed E-state index contributed by atoms with van der Waals surface area (Å²) >= 11 is 0. The molecule has 2 aliphatic rings. The number of hydrogen-bond donors (Lipinski definition) is 1. The van der Waals surface area contributed by atoms with Crippen molar-refractivity contribution < 1.29 is 4.74 Å². The molecule has 3 nitrogen and oxygen atoms in total. The molecule has 0 aliphatic carbocycles. The van der Waals surface area contributed by atoms with Gasteiger partial charge in [0.15, 0.2) is 0 Å². The largest absolute Gasteiger partial charge is 0.377 e. The molecule has 2 fully saturated rings. The molecule has 3 unspecified atom stereocenters. The molecule has 0 aromatic carbocycles. The summed E-state index contributed by atoms with van der Waals surface area (Å²) in [6, 6.07) is 1.24. The molecule has 0 amide bonds. The van der Waals surface area contributed by atoms with Crippen LogP contribution in [0.2, 0.25) is 0 Å². The molecular formula is C11H22N2O.